The minimum absolute atomic E-state index is 0.451. The molecule has 1 aliphatic rings. The zero-order chi connectivity index (χ0) is 14.5. The summed E-state index contributed by atoms with van der Waals surface area (Å²) in [5, 5.41) is 8.17. The zero-order valence-electron chi connectivity index (χ0n) is 13.5. The second-order valence-corrected chi connectivity index (χ2v) is 6.16. The van der Waals surface area contributed by atoms with Gasteiger partial charge in [0.25, 0.3) is 0 Å². The van der Waals surface area contributed by atoms with Crippen molar-refractivity contribution in [3.63, 3.8) is 0 Å². The van der Waals surface area contributed by atoms with Gasteiger partial charge in [-0.1, -0.05) is 13.3 Å². The summed E-state index contributed by atoms with van der Waals surface area (Å²) < 4.78 is 1.93. The van der Waals surface area contributed by atoms with Gasteiger partial charge in [0, 0.05) is 37.4 Å². The van der Waals surface area contributed by atoms with E-state index in [1.54, 1.807) is 0 Å². The van der Waals surface area contributed by atoms with Crippen LogP contribution in [0.1, 0.15) is 56.8 Å². The fraction of sp³-hybridized carbons (Fsp3) is 0.812. The molecule has 2 unspecified atom stereocenters. The topological polar surface area (TPSA) is 33.1 Å². The predicted molar refractivity (Wildman–Crippen MR) is 83.9 cm³/mol. The SMILES string of the molecule is CCCN(CC1CCCCN1)C(C)c1cn(C)nc1C. The molecule has 0 amide bonds. The Hall–Kier alpha value is -0.870. The molecule has 1 saturated heterocycles. The van der Waals surface area contributed by atoms with Crippen molar-refractivity contribution in [1.29, 1.82) is 0 Å². The van der Waals surface area contributed by atoms with E-state index in [2.05, 4.69) is 42.3 Å². The van der Waals surface area contributed by atoms with Crippen LogP contribution in [0.2, 0.25) is 0 Å². The van der Waals surface area contributed by atoms with Crippen LogP contribution in [0, 0.1) is 6.92 Å². The Morgan fingerprint density at radius 2 is 2.30 bits per heavy atom. The smallest absolute Gasteiger partial charge is 0.0641 e. The van der Waals surface area contributed by atoms with E-state index in [1.807, 2.05) is 11.7 Å². The molecule has 0 aliphatic carbocycles. The van der Waals surface area contributed by atoms with Gasteiger partial charge in [0.05, 0.1) is 5.69 Å². The maximum absolute atomic E-state index is 4.50. The summed E-state index contributed by atoms with van der Waals surface area (Å²) in [6, 6.07) is 1.11. The Morgan fingerprint density at radius 3 is 2.85 bits per heavy atom. The zero-order valence-corrected chi connectivity index (χ0v) is 13.5. The average Bonchev–Trinajstić information content (AvgIpc) is 2.77. The van der Waals surface area contributed by atoms with Crippen molar-refractivity contribution in [3.05, 3.63) is 17.5 Å². The first-order valence-electron chi connectivity index (χ1n) is 8.09. The van der Waals surface area contributed by atoms with Crippen molar-refractivity contribution in [1.82, 2.24) is 20.0 Å². The molecule has 0 radical (unpaired) electrons. The molecule has 1 N–H and O–H groups in total. The Bertz CT molecular complexity index is 407. The molecular weight excluding hydrogens is 248 g/mol. The molecule has 4 nitrogen and oxygen atoms in total. The second kappa shape index (κ2) is 7.23. The number of hydrogen-bond donors (Lipinski definition) is 1. The Morgan fingerprint density at radius 1 is 1.50 bits per heavy atom. The monoisotopic (exact) mass is 278 g/mol. The van der Waals surface area contributed by atoms with Crippen molar-refractivity contribution in [2.75, 3.05) is 19.6 Å². The number of nitrogens with zero attached hydrogens (tertiary/aromatic N) is 3. The van der Waals surface area contributed by atoms with Crippen molar-refractivity contribution < 1.29 is 0 Å². The van der Waals surface area contributed by atoms with Crippen molar-refractivity contribution in [2.45, 2.75) is 58.5 Å². The lowest BCUT2D eigenvalue weighted by Crippen LogP contribution is -2.44. The van der Waals surface area contributed by atoms with E-state index in [9.17, 15) is 0 Å². The number of nitrogens with one attached hydrogen (secondary N) is 1. The van der Waals surface area contributed by atoms with Gasteiger partial charge >= 0.3 is 0 Å². The fourth-order valence-corrected chi connectivity index (χ4v) is 3.32. The first-order valence-corrected chi connectivity index (χ1v) is 8.09. The van der Waals surface area contributed by atoms with E-state index in [0.29, 0.717) is 12.1 Å². The van der Waals surface area contributed by atoms with Crippen LogP contribution in [0.4, 0.5) is 0 Å². The number of piperidine rings is 1. The molecule has 0 saturated carbocycles. The fourth-order valence-electron chi connectivity index (χ4n) is 3.32. The first-order chi connectivity index (χ1) is 9.61. The molecular formula is C16H30N4. The molecule has 2 rings (SSSR count). The Kier molecular flexibility index (Phi) is 5.61. The van der Waals surface area contributed by atoms with Crippen LogP contribution < -0.4 is 5.32 Å². The van der Waals surface area contributed by atoms with Crippen LogP contribution in [0.15, 0.2) is 6.20 Å². The van der Waals surface area contributed by atoms with Gasteiger partial charge in [0.1, 0.15) is 0 Å². The van der Waals surface area contributed by atoms with E-state index in [-0.39, 0.29) is 0 Å². The molecule has 0 spiro atoms. The standard InChI is InChI=1S/C16H30N4/c1-5-10-20(11-15-8-6-7-9-17-15)14(3)16-12-19(4)18-13(16)2/h12,14-15,17H,5-11H2,1-4H3. The summed E-state index contributed by atoms with van der Waals surface area (Å²) in [6.45, 7) is 10.2. The predicted octanol–water partition coefficient (Wildman–Crippen LogP) is 2.64. The normalized spacial score (nSPS) is 21.4. The van der Waals surface area contributed by atoms with Crippen LogP contribution >= 0.6 is 0 Å². The Labute approximate surface area is 123 Å². The highest BCUT2D eigenvalue weighted by molar-refractivity contribution is 5.19. The molecule has 1 aromatic rings. The molecule has 2 heterocycles. The lowest BCUT2D eigenvalue weighted by Gasteiger charge is -2.34. The first kappa shape index (κ1) is 15.5. The third-order valence-corrected chi connectivity index (χ3v) is 4.43. The van der Waals surface area contributed by atoms with E-state index < -0.39 is 0 Å². The number of aryl methyl sites for hydroxylation is 2. The molecule has 114 valence electrons. The summed E-state index contributed by atoms with van der Waals surface area (Å²) in [4.78, 5) is 2.62. The van der Waals surface area contributed by atoms with Crippen molar-refractivity contribution >= 4 is 0 Å². The van der Waals surface area contributed by atoms with E-state index in [0.717, 1.165) is 18.8 Å². The molecule has 1 aliphatic heterocycles. The highest BCUT2D eigenvalue weighted by Gasteiger charge is 2.23. The molecule has 4 heteroatoms. The van der Waals surface area contributed by atoms with Gasteiger partial charge in [-0.15, -0.1) is 0 Å². The number of rotatable bonds is 6. The van der Waals surface area contributed by atoms with Gasteiger partial charge < -0.3 is 5.32 Å². The van der Waals surface area contributed by atoms with E-state index >= 15 is 0 Å². The van der Waals surface area contributed by atoms with Gasteiger partial charge in [-0.25, -0.2) is 0 Å². The lowest BCUT2D eigenvalue weighted by atomic mass is 10.0. The lowest BCUT2D eigenvalue weighted by molar-refractivity contribution is 0.175. The summed E-state index contributed by atoms with van der Waals surface area (Å²) in [5.41, 5.74) is 2.54. The summed E-state index contributed by atoms with van der Waals surface area (Å²) in [5.74, 6) is 0. The van der Waals surface area contributed by atoms with E-state index in [1.165, 1.54) is 37.8 Å². The highest BCUT2D eigenvalue weighted by Crippen LogP contribution is 2.24. The van der Waals surface area contributed by atoms with Gasteiger partial charge in [-0.3, -0.25) is 9.58 Å². The third-order valence-electron chi connectivity index (χ3n) is 4.43. The van der Waals surface area contributed by atoms with Gasteiger partial charge in [0.15, 0.2) is 0 Å². The number of aromatic nitrogens is 2. The molecule has 20 heavy (non-hydrogen) atoms. The molecule has 0 bridgehead atoms. The molecule has 1 aromatic heterocycles. The summed E-state index contributed by atoms with van der Waals surface area (Å²) in [6.07, 6.45) is 7.41. The maximum atomic E-state index is 4.50. The van der Waals surface area contributed by atoms with Crippen LogP contribution in [0.3, 0.4) is 0 Å². The quantitative estimate of drug-likeness (QED) is 0.868. The molecule has 0 aromatic carbocycles. The minimum atomic E-state index is 0.451. The van der Waals surface area contributed by atoms with Crippen LogP contribution in [0.5, 0.6) is 0 Å². The molecule has 2 atom stereocenters. The summed E-state index contributed by atoms with van der Waals surface area (Å²) in [7, 11) is 2.01. The number of hydrogen-bond acceptors (Lipinski definition) is 3. The summed E-state index contributed by atoms with van der Waals surface area (Å²) >= 11 is 0. The van der Waals surface area contributed by atoms with E-state index in [4.69, 9.17) is 0 Å². The third kappa shape index (κ3) is 3.83. The van der Waals surface area contributed by atoms with Crippen molar-refractivity contribution in [2.24, 2.45) is 7.05 Å². The average molecular weight is 278 g/mol. The second-order valence-electron chi connectivity index (χ2n) is 6.16. The van der Waals surface area contributed by atoms with Gasteiger partial charge in [-0.05, 0) is 46.2 Å². The highest BCUT2D eigenvalue weighted by atomic mass is 15.3. The maximum Gasteiger partial charge on any atom is 0.0641 e. The van der Waals surface area contributed by atoms with Crippen molar-refractivity contribution in [3.8, 4) is 0 Å². The largest absolute Gasteiger partial charge is 0.313 e. The van der Waals surface area contributed by atoms with Crippen LogP contribution in [-0.4, -0.2) is 40.4 Å². The van der Waals surface area contributed by atoms with Crippen LogP contribution in [0.25, 0.3) is 0 Å². The molecule has 1 fully saturated rings. The Balaban J connectivity index is 2.04. The minimum Gasteiger partial charge on any atom is -0.313 e. The van der Waals surface area contributed by atoms with Crippen LogP contribution in [-0.2, 0) is 7.05 Å². The van der Waals surface area contributed by atoms with Gasteiger partial charge in [0.2, 0.25) is 0 Å². The van der Waals surface area contributed by atoms with Gasteiger partial charge in [-0.2, -0.15) is 5.10 Å².